The number of thioether (sulfide) groups is 1. The highest BCUT2D eigenvalue weighted by Gasteiger charge is 2.49. The Morgan fingerprint density at radius 3 is 2.62 bits per heavy atom. The Bertz CT molecular complexity index is 1240. The first-order valence-electron chi connectivity index (χ1n) is 10.2. The number of hydrogen-bond acceptors (Lipinski definition) is 3. The van der Waals surface area contributed by atoms with Crippen molar-refractivity contribution in [2.24, 2.45) is 5.41 Å². The van der Waals surface area contributed by atoms with Gasteiger partial charge in [-0.05, 0) is 79.8 Å². The molecule has 4 nitrogen and oxygen atoms in total. The van der Waals surface area contributed by atoms with Gasteiger partial charge in [0.05, 0.1) is 23.0 Å². The van der Waals surface area contributed by atoms with E-state index in [4.69, 9.17) is 0 Å². The molecule has 0 radical (unpaired) electrons. The van der Waals surface area contributed by atoms with Gasteiger partial charge in [0.1, 0.15) is 5.82 Å². The molecule has 2 atom stereocenters. The third-order valence-electron chi connectivity index (χ3n) is 6.29. The van der Waals surface area contributed by atoms with Gasteiger partial charge in [-0.1, -0.05) is 5.57 Å². The molecule has 1 fully saturated rings. The quantitative estimate of drug-likeness (QED) is 0.552. The van der Waals surface area contributed by atoms with Gasteiger partial charge in [-0.15, -0.1) is 11.8 Å². The molecule has 164 valence electrons. The molecule has 2 aliphatic carbocycles. The van der Waals surface area contributed by atoms with Crippen molar-refractivity contribution in [1.82, 2.24) is 9.78 Å². The van der Waals surface area contributed by atoms with Crippen molar-refractivity contribution in [3.05, 3.63) is 82.9 Å². The Morgan fingerprint density at radius 2 is 1.91 bits per heavy atom. The maximum Gasteiger partial charge on any atom is 0.314 e. The minimum absolute atomic E-state index is 0.0400. The lowest BCUT2D eigenvalue weighted by Gasteiger charge is -2.41. The molecule has 0 saturated heterocycles. The van der Waals surface area contributed by atoms with Crippen LogP contribution in [-0.2, 0) is 11.2 Å². The van der Waals surface area contributed by atoms with Gasteiger partial charge in [0.25, 0.3) is 0 Å². The SMILES string of the molecule is O=C(O)[C@]12Cc3cnn(-c4ccc(F)cc4)c3C=C1CC[C@H](Sc1ccc(F)c(F)c1)C2. The third-order valence-corrected chi connectivity index (χ3v) is 7.55. The minimum Gasteiger partial charge on any atom is -0.481 e. The Kier molecular flexibility index (Phi) is 5.12. The van der Waals surface area contributed by atoms with Gasteiger partial charge in [0.2, 0.25) is 0 Å². The number of carbonyl (C=O) groups is 1. The smallest absolute Gasteiger partial charge is 0.314 e. The first-order valence-corrected chi connectivity index (χ1v) is 11.1. The monoisotopic (exact) mass is 456 g/mol. The van der Waals surface area contributed by atoms with Gasteiger partial charge in [-0.2, -0.15) is 5.10 Å². The number of aromatic nitrogens is 2. The maximum absolute atomic E-state index is 13.6. The number of nitrogens with zero attached hydrogens (tertiary/aromatic N) is 2. The first kappa shape index (κ1) is 20.9. The topological polar surface area (TPSA) is 55.1 Å². The number of halogens is 3. The normalized spacial score (nSPS) is 22.1. The molecule has 1 saturated carbocycles. The van der Waals surface area contributed by atoms with E-state index < -0.39 is 23.0 Å². The number of carboxylic acids is 1. The summed E-state index contributed by atoms with van der Waals surface area (Å²) in [6.45, 7) is 0. The van der Waals surface area contributed by atoms with Crippen LogP contribution in [0, 0.1) is 22.9 Å². The van der Waals surface area contributed by atoms with E-state index in [1.165, 1.54) is 30.0 Å². The Labute approximate surface area is 186 Å². The van der Waals surface area contributed by atoms with Crippen molar-refractivity contribution in [2.75, 3.05) is 0 Å². The molecule has 5 rings (SSSR count). The molecule has 1 heterocycles. The summed E-state index contributed by atoms with van der Waals surface area (Å²) in [5.41, 5.74) is 2.12. The molecular formula is C24H19F3N2O2S. The molecule has 8 heteroatoms. The molecule has 1 aromatic heterocycles. The van der Waals surface area contributed by atoms with E-state index in [0.29, 0.717) is 29.8 Å². The zero-order valence-electron chi connectivity index (χ0n) is 16.9. The molecule has 2 aliphatic rings. The van der Waals surface area contributed by atoms with Crippen molar-refractivity contribution in [2.45, 2.75) is 35.8 Å². The largest absolute Gasteiger partial charge is 0.481 e. The molecule has 3 aromatic rings. The summed E-state index contributed by atoms with van der Waals surface area (Å²) in [4.78, 5) is 13.1. The zero-order valence-corrected chi connectivity index (χ0v) is 17.7. The van der Waals surface area contributed by atoms with Crippen LogP contribution in [0.1, 0.15) is 30.5 Å². The predicted molar refractivity (Wildman–Crippen MR) is 115 cm³/mol. The van der Waals surface area contributed by atoms with Crippen LogP contribution in [0.5, 0.6) is 0 Å². The van der Waals surface area contributed by atoms with E-state index in [2.05, 4.69) is 5.10 Å². The average molecular weight is 456 g/mol. The van der Waals surface area contributed by atoms with Crippen LogP contribution in [0.25, 0.3) is 11.8 Å². The van der Waals surface area contributed by atoms with E-state index in [1.807, 2.05) is 6.08 Å². The fourth-order valence-corrected chi connectivity index (χ4v) is 5.98. The van der Waals surface area contributed by atoms with Gasteiger partial charge >= 0.3 is 5.97 Å². The van der Waals surface area contributed by atoms with Crippen LogP contribution in [0.15, 0.2) is 59.1 Å². The second kappa shape index (κ2) is 7.85. The molecule has 32 heavy (non-hydrogen) atoms. The second-order valence-electron chi connectivity index (χ2n) is 8.24. The van der Waals surface area contributed by atoms with Crippen molar-refractivity contribution >= 4 is 23.8 Å². The average Bonchev–Trinajstić information content (AvgIpc) is 3.17. The second-order valence-corrected chi connectivity index (χ2v) is 9.61. The molecule has 0 bridgehead atoms. The summed E-state index contributed by atoms with van der Waals surface area (Å²) in [6.07, 6.45) is 5.58. The molecule has 0 spiro atoms. The van der Waals surface area contributed by atoms with Gasteiger partial charge in [0, 0.05) is 10.1 Å². The number of hydrogen-bond donors (Lipinski definition) is 1. The third kappa shape index (κ3) is 3.52. The van der Waals surface area contributed by atoms with Gasteiger partial charge in [-0.3, -0.25) is 4.79 Å². The molecule has 0 amide bonds. The summed E-state index contributed by atoms with van der Waals surface area (Å²) in [7, 11) is 0. The number of carboxylic acid groups (broad SMARTS) is 1. The fraction of sp³-hybridized carbons (Fsp3) is 0.250. The summed E-state index contributed by atoms with van der Waals surface area (Å²) >= 11 is 1.39. The highest BCUT2D eigenvalue weighted by molar-refractivity contribution is 8.00. The number of rotatable bonds is 4. The number of fused-ring (bicyclic) bond motifs is 2. The molecular weight excluding hydrogens is 437 g/mol. The lowest BCUT2D eigenvalue weighted by molar-refractivity contribution is -0.147. The van der Waals surface area contributed by atoms with Crippen molar-refractivity contribution in [1.29, 1.82) is 0 Å². The van der Waals surface area contributed by atoms with Crippen molar-refractivity contribution in [3.63, 3.8) is 0 Å². The standard InChI is InChI=1S/C24H19F3N2O2S/c25-16-2-4-17(5-3-16)29-22-9-15-1-6-19(32-18-7-8-20(26)21(27)10-18)12-24(15,23(30)31)11-14(22)13-28-29/h2-5,7-10,13,19H,1,6,11-12H2,(H,30,31)/t19-,24-/m0/s1. The Hall–Kier alpha value is -3.00. The number of aliphatic carboxylic acids is 1. The summed E-state index contributed by atoms with van der Waals surface area (Å²) < 4.78 is 41.9. The lowest BCUT2D eigenvalue weighted by atomic mass is 9.64. The van der Waals surface area contributed by atoms with Gasteiger partial charge < -0.3 is 5.11 Å². The molecule has 0 aliphatic heterocycles. The van der Waals surface area contributed by atoms with Crippen LogP contribution in [-0.4, -0.2) is 26.1 Å². The van der Waals surface area contributed by atoms with Crippen LogP contribution in [0.2, 0.25) is 0 Å². The first-order chi connectivity index (χ1) is 15.4. The van der Waals surface area contributed by atoms with Crippen LogP contribution in [0.4, 0.5) is 13.2 Å². The molecule has 2 aromatic carbocycles. The van der Waals surface area contributed by atoms with E-state index in [1.54, 1.807) is 23.0 Å². The van der Waals surface area contributed by atoms with E-state index >= 15 is 0 Å². The molecule has 1 N–H and O–H groups in total. The van der Waals surface area contributed by atoms with Crippen LogP contribution < -0.4 is 0 Å². The van der Waals surface area contributed by atoms with Gasteiger partial charge in [-0.25, -0.2) is 17.9 Å². The van der Waals surface area contributed by atoms with E-state index in [-0.39, 0.29) is 11.1 Å². The Balaban J connectivity index is 1.45. The summed E-state index contributed by atoms with van der Waals surface area (Å²) in [5, 5.41) is 14.6. The highest BCUT2D eigenvalue weighted by atomic mass is 32.2. The van der Waals surface area contributed by atoms with Crippen LogP contribution >= 0.6 is 11.8 Å². The zero-order chi connectivity index (χ0) is 22.5. The summed E-state index contributed by atoms with van der Waals surface area (Å²) in [5.74, 6) is -3.03. The maximum atomic E-state index is 13.6. The van der Waals surface area contributed by atoms with E-state index in [9.17, 15) is 23.1 Å². The minimum atomic E-state index is -1.06. The lowest BCUT2D eigenvalue weighted by Crippen LogP contribution is -2.42. The van der Waals surface area contributed by atoms with Crippen molar-refractivity contribution in [3.8, 4) is 5.69 Å². The Morgan fingerprint density at radius 1 is 1.12 bits per heavy atom. The van der Waals surface area contributed by atoms with E-state index in [0.717, 1.165) is 35.4 Å². The number of benzene rings is 2. The fourth-order valence-electron chi connectivity index (χ4n) is 4.68. The molecule has 0 unspecified atom stereocenters. The van der Waals surface area contributed by atoms with Crippen LogP contribution in [0.3, 0.4) is 0 Å². The van der Waals surface area contributed by atoms with Gasteiger partial charge in [0.15, 0.2) is 11.6 Å². The highest BCUT2D eigenvalue weighted by Crippen LogP contribution is 2.51. The van der Waals surface area contributed by atoms with Crippen molar-refractivity contribution < 1.29 is 23.1 Å². The predicted octanol–water partition coefficient (Wildman–Crippen LogP) is 5.64. The summed E-state index contributed by atoms with van der Waals surface area (Å²) in [6, 6.07) is 9.77.